The second-order valence-corrected chi connectivity index (χ2v) is 4.77. The average molecular weight is 249 g/mol. The molecule has 0 amide bonds. The van der Waals surface area contributed by atoms with E-state index in [-0.39, 0.29) is 12.6 Å². The molecule has 0 aliphatic carbocycles. The minimum atomic E-state index is -0.482. The molecular weight excluding hydrogens is 226 g/mol. The molecule has 0 saturated heterocycles. The van der Waals surface area contributed by atoms with E-state index in [1.54, 1.807) is 18.7 Å². The van der Waals surface area contributed by atoms with Crippen LogP contribution in [0.2, 0.25) is 0 Å². The van der Waals surface area contributed by atoms with Crippen molar-refractivity contribution in [2.24, 2.45) is 5.73 Å². The van der Waals surface area contributed by atoms with Gasteiger partial charge in [0, 0.05) is 6.61 Å². The van der Waals surface area contributed by atoms with E-state index < -0.39 is 6.04 Å². The van der Waals surface area contributed by atoms with Gasteiger partial charge in [-0.05, 0) is 37.7 Å². The molecule has 4 nitrogen and oxygen atoms in total. The van der Waals surface area contributed by atoms with Gasteiger partial charge >= 0.3 is 5.97 Å². The van der Waals surface area contributed by atoms with Gasteiger partial charge in [0.05, 0.1) is 6.61 Å². The molecule has 0 fully saturated rings. The minimum absolute atomic E-state index is 0.276. The molecule has 0 rings (SSSR count). The molecule has 0 aromatic heterocycles. The maximum atomic E-state index is 11.2. The van der Waals surface area contributed by atoms with Crippen molar-refractivity contribution in [3.8, 4) is 0 Å². The zero-order valence-electron chi connectivity index (χ0n) is 9.98. The molecular formula is C11H23NO3S. The molecule has 0 aromatic rings. The van der Waals surface area contributed by atoms with Gasteiger partial charge in [-0.1, -0.05) is 6.42 Å². The summed E-state index contributed by atoms with van der Waals surface area (Å²) >= 11 is 1.80. The molecule has 1 atom stereocenters. The maximum absolute atomic E-state index is 11.2. The second-order valence-electron chi connectivity index (χ2n) is 3.54. The lowest BCUT2D eigenvalue weighted by Crippen LogP contribution is -2.32. The quantitative estimate of drug-likeness (QED) is 0.449. The normalized spacial score (nSPS) is 12.4. The van der Waals surface area contributed by atoms with E-state index in [2.05, 4.69) is 0 Å². The third kappa shape index (κ3) is 9.00. The standard InChI is InChI=1S/C11H23NO3S/c1-2-15-11(14)10(12)6-9-16-8-5-3-4-7-13/h10,13H,2-9,12H2,1H3. The van der Waals surface area contributed by atoms with Crippen molar-refractivity contribution in [2.45, 2.75) is 38.6 Å². The number of rotatable bonds is 10. The Labute approximate surface area is 102 Å². The fraction of sp³-hybridized carbons (Fsp3) is 0.909. The molecule has 0 spiro atoms. The Bertz CT molecular complexity index is 179. The largest absolute Gasteiger partial charge is 0.465 e. The minimum Gasteiger partial charge on any atom is -0.465 e. The number of carbonyl (C=O) groups is 1. The summed E-state index contributed by atoms with van der Waals surface area (Å²) in [6, 6.07) is -0.482. The molecule has 96 valence electrons. The smallest absolute Gasteiger partial charge is 0.322 e. The van der Waals surface area contributed by atoms with Gasteiger partial charge in [-0.3, -0.25) is 4.79 Å². The van der Waals surface area contributed by atoms with E-state index in [4.69, 9.17) is 15.6 Å². The number of aliphatic hydroxyl groups excluding tert-OH is 1. The summed E-state index contributed by atoms with van der Waals surface area (Å²) in [7, 11) is 0. The van der Waals surface area contributed by atoms with Crippen molar-refractivity contribution >= 4 is 17.7 Å². The zero-order valence-corrected chi connectivity index (χ0v) is 10.8. The van der Waals surface area contributed by atoms with Gasteiger partial charge in [0.1, 0.15) is 6.04 Å². The number of carbonyl (C=O) groups excluding carboxylic acids is 1. The number of nitrogens with two attached hydrogens (primary N) is 1. The number of hydrogen-bond acceptors (Lipinski definition) is 5. The Morgan fingerprint density at radius 2 is 2.12 bits per heavy atom. The maximum Gasteiger partial charge on any atom is 0.322 e. The van der Waals surface area contributed by atoms with E-state index in [9.17, 15) is 4.79 Å². The first kappa shape index (κ1) is 15.7. The number of unbranched alkanes of at least 4 members (excludes halogenated alkanes) is 2. The van der Waals surface area contributed by atoms with Gasteiger partial charge in [-0.15, -0.1) is 0 Å². The zero-order chi connectivity index (χ0) is 12.2. The van der Waals surface area contributed by atoms with Crippen LogP contribution in [-0.2, 0) is 9.53 Å². The molecule has 0 heterocycles. The highest BCUT2D eigenvalue weighted by molar-refractivity contribution is 7.99. The van der Waals surface area contributed by atoms with Crippen molar-refractivity contribution in [1.82, 2.24) is 0 Å². The van der Waals surface area contributed by atoms with Gasteiger partial charge in [0.2, 0.25) is 0 Å². The third-order valence-corrected chi connectivity index (χ3v) is 3.21. The molecule has 16 heavy (non-hydrogen) atoms. The fourth-order valence-corrected chi connectivity index (χ4v) is 2.21. The molecule has 3 N–H and O–H groups in total. The van der Waals surface area contributed by atoms with Crippen LogP contribution in [0.3, 0.4) is 0 Å². The van der Waals surface area contributed by atoms with Crippen molar-refractivity contribution in [1.29, 1.82) is 0 Å². The molecule has 0 aromatic carbocycles. The summed E-state index contributed by atoms with van der Waals surface area (Å²) in [5.74, 6) is 1.65. The van der Waals surface area contributed by atoms with Crippen LogP contribution in [0, 0.1) is 0 Å². The Morgan fingerprint density at radius 1 is 1.38 bits per heavy atom. The highest BCUT2D eigenvalue weighted by Gasteiger charge is 2.13. The second kappa shape index (κ2) is 11.2. The molecule has 0 aliphatic heterocycles. The van der Waals surface area contributed by atoms with E-state index in [0.717, 1.165) is 30.8 Å². The molecule has 0 aliphatic rings. The predicted molar refractivity (Wildman–Crippen MR) is 67.5 cm³/mol. The van der Waals surface area contributed by atoms with Crippen molar-refractivity contribution < 1.29 is 14.6 Å². The van der Waals surface area contributed by atoms with Crippen LogP contribution >= 0.6 is 11.8 Å². The van der Waals surface area contributed by atoms with Crippen LogP contribution in [-0.4, -0.2) is 41.8 Å². The Balaban J connectivity index is 3.27. The topological polar surface area (TPSA) is 72.5 Å². The highest BCUT2D eigenvalue weighted by Crippen LogP contribution is 2.09. The van der Waals surface area contributed by atoms with Crippen LogP contribution < -0.4 is 5.73 Å². The van der Waals surface area contributed by atoms with Crippen molar-refractivity contribution in [3.05, 3.63) is 0 Å². The summed E-state index contributed by atoms with van der Waals surface area (Å²) in [5.41, 5.74) is 5.64. The summed E-state index contributed by atoms with van der Waals surface area (Å²) in [6.07, 6.45) is 3.72. The Kier molecular flexibility index (Phi) is 11.0. The van der Waals surface area contributed by atoms with E-state index in [1.165, 1.54) is 0 Å². The fourth-order valence-electron chi connectivity index (χ4n) is 1.17. The summed E-state index contributed by atoms with van der Waals surface area (Å²) in [6.45, 7) is 2.44. The van der Waals surface area contributed by atoms with Crippen molar-refractivity contribution in [3.63, 3.8) is 0 Å². The van der Waals surface area contributed by atoms with Gasteiger partial charge in [-0.2, -0.15) is 11.8 Å². The predicted octanol–water partition coefficient (Wildman–Crippen LogP) is 1.16. The van der Waals surface area contributed by atoms with E-state index in [1.807, 2.05) is 0 Å². The van der Waals surface area contributed by atoms with Crippen LogP contribution in [0.5, 0.6) is 0 Å². The van der Waals surface area contributed by atoms with E-state index >= 15 is 0 Å². The highest BCUT2D eigenvalue weighted by atomic mass is 32.2. The first-order valence-corrected chi connectivity index (χ1v) is 6.98. The van der Waals surface area contributed by atoms with Crippen LogP contribution in [0.25, 0.3) is 0 Å². The molecule has 5 heteroatoms. The molecule has 1 unspecified atom stereocenters. The summed E-state index contributed by atoms with van der Waals surface area (Å²) < 4.78 is 4.81. The van der Waals surface area contributed by atoms with Gasteiger partial charge in [0.25, 0.3) is 0 Å². The van der Waals surface area contributed by atoms with Gasteiger partial charge in [0.15, 0.2) is 0 Å². The van der Waals surface area contributed by atoms with Crippen molar-refractivity contribution in [2.75, 3.05) is 24.7 Å². The number of hydrogen-bond donors (Lipinski definition) is 2. The van der Waals surface area contributed by atoms with Gasteiger partial charge in [-0.25, -0.2) is 0 Å². The van der Waals surface area contributed by atoms with Crippen LogP contribution in [0.15, 0.2) is 0 Å². The number of thioether (sulfide) groups is 1. The first-order valence-electron chi connectivity index (χ1n) is 5.83. The Hall–Kier alpha value is -0.260. The number of aliphatic hydroxyl groups is 1. The van der Waals surface area contributed by atoms with Crippen LogP contribution in [0.1, 0.15) is 32.6 Å². The lowest BCUT2D eigenvalue weighted by molar-refractivity contribution is -0.144. The summed E-state index contributed by atoms with van der Waals surface area (Å²) in [4.78, 5) is 11.2. The lowest BCUT2D eigenvalue weighted by atomic mass is 10.2. The lowest BCUT2D eigenvalue weighted by Gasteiger charge is -2.09. The molecule has 0 radical (unpaired) electrons. The van der Waals surface area contributed by atoms with Crippen LogP contribution in [0.4, 0.5) is 0 Å². The first-order chi connectivity index (χ1) is 7.72. The Morgan fingerprint density at radius 3 is 2.75 bits per heavy atom. The van der Waals surface area contributed by atoms with E-state index in [0.29, 0.717) is 13.0 Å². The molecule has 0 bridgehead atoms. The van der Waals surface area contributed by atoms with Gasteiger partial charge < -0.3 is 15.6 Å². The number of esters is 1. The SMILES string of the molecule is CCOC(=O)C(N)CCSCCCCCO. The number of ether oxygens (including phenoxy) is 1. The average Bonchev–Trinajstić information content (AvgIpc) is 2.28. The molecule has 0 saturated carbocycles. The summed E-state index contributed by atoms with van der Waals surface area (Å²) in [5, 5.41) is 8.58. The monoisotopic (exact) mass is 249 g/mol. The third-order valence-electron chi connectivity index (χ3n) is 2.11.